The van der Waals surface area contributed by atoms with Crippen LogP contribution in [0.15, 0.2) is 29.3 Å². The molecule has 2 aromatic heterocycles. The highest BCUT2D eigenvalue weighted by Crippen LogP contribution is 2.29. The van der Waals surface area contributed by atoms with Crippen LogP contribution >= 0.6 is 15.9 Å². The van der Waals surface area contributed by atoms with Gasteiger partial charge in [-0.05, 0) is 22.0 Å². The first-order chi connectivity index (χ1) is 10.3. The lowest BCUT2D eigenvalue weighted by Gasteiger charge is -2.35. The zero-order chi connectivity index (χ0) is 14.7. The van der Waals surface area contributed by atoms with Gasteiger partial charge >= 0.3 is 0 Å². The van der Waals surface area contributed by atoms with E-state index in [0.29, 0.717) is 0 Å². The molecule has 3 rings (SSSR count). The van der Waals surface area contributed by atoms with Gasteiger partial charge in [-0.1, -0.05) is 0 Å². The molecule has 0 saturated carbocycles. The zero-order valence-corrected chi connectivity index (χ0v) is 13.3. The predicted molar refractivity (Wildman–Crippen MR) is 85.7 cm³/mol. The van der Waals surface area contributed by atoms with Crippen molar-refractivity contribution in [2.24, 2.45) is 0 Å². The number of hydrogen-bond donors (Lipinski definition) is 1. The second kappa shape index (κ2) is 6.21. The Bertz CT molecular complexity index is 599. The van der Waals surface area contributed by atoms with E-state index in [9.17, 15) is 0 Å². The number of aromatic nitrogens is 4. The molecule has 0 bridgehead atoms. The van der Waals surface area contributed by atoms with Crippen molar-refractivity contribution < 1.29 is 0 Å². The van der Waals surface area contributed by atoms with Crippen LogP contribution in [0.25, 0.3) is 0 Å². The lowest BCUT2D eigenvalue weighted by Crippen LogP contribution is -2.47. The van der Waals surface area contributed by atoms with Gasteiger partial charge in [0.25, 0.3) is 0 Å². The van der Waals surface area contributed by atoms with Gasteiger partial charge < -0.3 is 15.1 Å². The Morgan fingerprint density at radius 2 is 1.67 bits per heavy atom. The van der Waals surface area contributed by atoms with Crippen LogP contribution in [0.3, 0.4) is 0 Å². The fourth-order valence-corrected chi connectivity index (χ4v) is 2.98. The van der Waals surface area contributed by atoms with E-state index in [-0.39, 0.29) is 0 Å². The molecule has 1 N–H and O–H groups in total. The van der Waals surface area contributed by atoms with Crippen LogP contribution < -0.4 is 15.1 Å². The average molecular weight is 350 g/mol. The molecule has 1 aliphatic rings. The van der Waals surface area contributed by atoms with Crippen molar-refractivity contribution >= 4 is 33.5 Å². The van der Waals surface area contributed by atoms with Crippen molar-refractivity contribution in [3.05, 3.63) is 29.3 Å². The summed E-state index contributed by atoms with van der Waals surface area (Å²) in [5.41, 5.74) is 0. The van der Waals surface area contributed by atoms with Crippen molar-refractivity contribution in [2.45, 2.75) is 0 Å². The van der Waals surface area contributed by atoms with Crippen molar-refractivity contribution in [3.8, 4) is 0 Å². The van der Waals surface area contributed by atoms with Gasteiger partial charge in [0.2, 0.25) is 5.95 Å². The van der Waals surface area contributed by atoms with E-state index < -0.39 is 0 Å². The molecule has 0 spiro atoms. The van der Waals surface area contributed by atoms with Crippen LogP contribution in [-0.4, -0.2) is 53.2 Å². The van der Waals surface area contributed by atoms with Crippen molar-refractivity contribution in [1.82, 2.24) is 19.9 Å². The fourth-order valence-electron chi connectivity index (χ4n) is 2.33. The van der Waals surface area contributed by atoms with Gasteiger partial charge in [0, 0.05) is 45.6 Å². The van der Waals surface area contributed by atoms with Gasteiger partial charge in [-0.2, -0.15) is 0 Å². The molecule has 0 radical (unpaired) electrons. The third-order valence-electron chi connectivity index (χ3n) is 3.42. The molecule has 0 amide bonds. The average Bonchev–Trinajstić information content (AvgIpc) is 2.56. The summed E-state index contributed by atoms with van der Waals surface area (Å²) in [6.07, 6.45) is 5.13. The molecule has 0 aliphatic carbocycles. The molecule has 3 heterocycles. The minimum atomic E-state index is 0.787. The number of rotatable bonds is 3. The number of nitrogens with zero attached hydrogens (tertiary/aromatic N) is 6. The highest BCUT2D eigenvalue weighted by Gasteiger charge is 2.22. The first kappa shape index (κ1) is 14.0. The molecule has 0 atom stereocenters. The van der Waals surface area contributed by atoms with E-state index in [1.165, 1.54) is 0 Å². The molecule has 1 fully saturated rings. The summed E-state index contributed by atoms with van der Waals surface area (Å²) in [7, 11) is 1.85. The SMILES string of the molecule is CNc1ncnc(N2CCN(c3ncccn3)CC2)c1Br. The topological polar surface area (TPSA) is 70.1 Å². The molecule has 7 nitrogen and oxygen atoms in total. The molecule has 8 heteroatoms. The van der Waals surface area contributed by atoms with E-state index in [1.807, 2.05) is 13.1 Å². The van der Waals surface area contributed by atoms with Crippen molar-refractivity contribution in [2.75, 3.05) is 48.3 Å². The quantitative estimate of drug-likeness (QED) is 0.897. The zero-order valence-electron chi connectivity index (χ0n) is 11.7. The summed E-state index contributed by atoms with van der Waals surface area (Å²) in [4.78, 5) is 21.6. The van der Waals surface area contributed by atoms with Gasteiger partial charge in [-0.3, -0.25) is 0 Å². The number of halogens is 1. The molecule has 0 unspecified atom stereocenters. The number of piperazine rings is 1. The number of hydrogen-bond acceptors (Lipinski definition) is 7. The van der Waals surface area contributed by atoms with E-state index >= 15 is 0 Å². The van der Waals surface area contributed by atoms with Crippen LogP contribution in [0.5, 0.6) is 0 Å². The lowest BCUT2D eigenvalue weighted by atomic mass is 10.3. The Morgan fingerprint density at radius 1 is 1.00 bits per heavy atom. The molecule has 110 valence electrons. The molecule has 21 heavy (non-hydrogen) atoms. The molecule has 2 aromatic rings. The van der Waals surface area contributed by atoms with Gasteiger partial charge in [0.05, 0.1) is 0 Å². The lowest BCUT2D eigenvalue weighted by molar-refractivity contribution is 0.633. The summed E-state index contributed by atoms with van der Waals surface area (Å²) in [6, 6.07) is 1.83. The molecular formula is C13H16BrN7. The third kappa shape index (κ3) is 2.90. The molecule has 1 aliphatic heterocycles. The third-order valence-corrected chi connectivity index (χ3v) is 4.15. The Hall–Kier alpha value is -1.96. The maximum atomic E-state index is 4.39. The van der Waals surface area contributed by atoms with E-state index in [0.717, 1.165) is 48.2 Å². The van der Waals surface area contributed by atoms with Crippen molar-refractivity contribution in [3.63, 3.8) is 0 Å². The van der Waals surface area contributed by atoms with E-state index in [2.05, 4.69) is 51.0 Å². The van der Waals surface area contributed by atoms with Crippen LogP contribution in [0.4, 0.5) is 17.6 Å². The Balaban J connectivity index is 1.72. The van der Waals surface area contributed by atoms with Crippen LogP contribution in [0, 0.1) is 0 Å². The largest absolute Gasteiger partial charge is 0.372 e. The second-order valence-electron chi connectivity index (χ2n) is 4.63. The summed E-state index contributed by atoms with van der Waals surface area (Å²) in [5, 5.41) is 3.05. The first-order valence-corrected chi connectivity index (χ1v) is 7.54. The Morgan fingerprint density at radius 3 is 2.33 bits per heavy atom. The van der Waals surface area contributed by atoms with Crippen LogP contribution in [-0.2, 0) is 0 Å². The minimum absolute atomic E-state index is 0.787. The summed E-state index contributed by atoms with van der Waals surface area (Å²) >= 11 is 3.57. The first-order valence-electron chi connectivity index (χ1n) is 6.74. The van der Waals surface area contributed by atoms with Gasteiger partial charge in [-0.15, -0.1) is 0 Å². The molecule has 1 saturated heterocycles. The highest BCUT2D eigenvalue weighted by molar-refractivity contribution is 9.10. The fraction of sp³-hybridized carbons (Fsp3) is 0.385. The Kier molecular flexibility index (Phi) is 4.14. The summed E-state index contributed by atoms with van der Waals surface area (Å²) in [6.45, 7) is 3.48. The Labute approximate surface area is 131 Å². The maximum absolute atomic E-state index is 4.39. The van der Waals surface area contributed by atoms with E-state index in [1.54, 1.807) is 18.7 Å². The van der Waals surface area contributed by atoms with Gasteiger partial charge in [0.1, 0.15) is 22.4 Å². The number of nitrogens with one attached hydrogen (secondary N) is 1. The van der Waals surface area contributed by atoms with Crippen molar-refractivity contribution in [1.29, 1.82) is 0 Å². The summed E-state index contributed by atoms with van der Waals surface area (Å²) in [5.74, 6) is 2.51. The summed E-state index contributed by atoms with van der Waals surface area (Å²) < 4.78 is 0.900. The smallest absolute Gasteiger partial charge is 0.225 e. The second-order valence-corrected chi connectivity index (χ2v) is 5.43. The van der Waals surface area contributed by atoms with Gasteiger partial charge in [0.15, 0.2) is 0 Å². The molecule has 0 aromatic carbocycles. The normalized spacial score (nSPS) is 15.1. The number of anilines is 3. The monoisotopic (exact) mass is 349 g/mol. The molecular weight excluding hydrogens is 334 g/mol. The minimum Gasteiger partial charge on any atom is -0.372 e. The van der Waals surface area contributed by atoms with Crippen LogP contribution in [0.2, 0.25) is 0 Å². The van der Waals surface area contributed by atoms with E-state index in [4.69, 9.17) is 0 Å². The maximum Gasteiger partial charge on any atom is 0.225 e. The standard InChI is InChI=1S/C13H16BrN7/c1-15-11-10(14)12(19-9-18-11)20-5-7-21(8-6-20)13-16-3-2-4-17-13/h2-4,9H,5-8H2,1H3,(H,15,18,19). The van der Waals surface area contributed by atoms with Crippen LogP contribution in [0.1, 0.15) is 0 Å². The highest BCUT2D eigenvalue weighted by atomic mass is 79.9. The van der Waals surface area contributed by atoms with Gasteiger partial charge in [-0.25, -0.2) is 19.9 Å². The predicted octanol–water partition coefficient (Wildman–Crippen LogP) is 1.40.